The topological polar surface area (TPSA) is 143 Å². The zero-order valence-electron chi connectivity index (χ0n) is 12.9. The predicted molar refractivity (Wildman–Crippen MR) is 81.8 cm³/mol. The second-order valence-corrected chi connectivity index (χ2v) is 6.37. The van der Waals surface area contributed by atoms with Gasteiger partial charge in [0.2, 0.25) is 0 Å². The molecule has 2 rings (SSSR count). The average Bonchev–Trinajstić information content (AvgIpc) is 3.40. The summed E-state index contributed by atoms with van der Waals surface area (Å²) >= 11 is 5.55. The fourth-order valence-electron chi connectivity index (χ4n) is 2.61. The molecule has 1 unspecified atom stereocenters. The van der Waals surface area contributed by atoms with Gasteiger partial charge in [-0.1, -0.05) is 0 Å². The summed E-state index contributed by atoms with van der Waals surface area (Å²) in [4.78, 5) is 24.5. The maximum Gasteiger partial charge on any atom is 0.345 e. The molecule has 1 saturated heterocycles. The van der Waals surface area contributed by atoms with E-state index in [9.17, 15) is 30.1 Å². The molecule has 1 aliphatic heterocycles. The third kappa shape index (κ3) is 4.13. The smallest absolute Gasteiger partial charge is 0.345 e. The normalized spacial score (nSPS) is 33.1. The van der Waals surface area contributed by atoms with Gasteiger partial charge in [0, 0.05) is 12.4 Å². The Balaban J connectivity index is 2.21. The van der Waals surface area contributed by atoms with Gasteiger partial charge in [0.1, 0.15) is 24.4 Å². The second-order valence-electron chi connectivity index (χ2n) is 5.99. The van der Waals surface area contributed by atoms with Crippen molar-refractivity contribution in [2.45, 2.75) is 43.5 Å². The van der Waals surface area contributed by atoms with Gasteiger partial charge < -0.3 is 25.2 Å². The molecule has 0 radical (unpaired) electrons. The summed E-state index contributed by atoms with van der Waals surface area (Å²) < 4.78 is 5.41. The number of halogens is 1. The Morgan fingerprint density at radius 2 is 1.88 bits per heavy atom. The minimum atomic E-state index is -1.61. The quantitative estimate of drug-likeness (QED) is 0.252. The Morgan fingerprint density at radius 3 is 2.38 bits per heavy atom. The van der Waals surface area contributed by atoms with Crippen LogP contribution in [0.15, 0.2) is 5.29 Å². The van der Waals surface area contributed by atoms with E-state index in [-0.39, 0.29) is 24.9 Å². The molecule has 0 bridgehead atoms. The van der Waals surface area contributed by atoms with Gasteiger partial charge in [-0.3, -0.25) is 4.90 Å². The highest BCUT2D eigenvalue weighted by molar-refractivity contribution is 6.18. The van der Waals surface area contributed by atoms with Crippen molar-refractivity contribution in [1.29, 1.82) is 0 Å². The third-order valence-corrected chi connectivity index (χ3v) is 4.36. The van der Waals surface area contributed by atoms with Gasteiger partial charge >= 0.3 is 6.03 Å². The third-order valence-electron chi connectivity index (χ3n) is 4.19. The number of nitrogens with zero attached hydrogens (tertiary/aromatic N) is 3. The second kappa shape index (κ2) is 8.37. The van der Waals surface area contributed by atoms with E-state index in [1.807, 2.05) is 0 Å². The van der Waals surface area contributed by atoms with Crippen LogP contribution in [0.4, 0.5) is 4.79 Å². The van der Waals surface area contributed by atoms with E-state index in [2.05, 4.69) is 5.29 Å². The first-order chi connectivity index (χ1) is 11.4. The lowest BCUT2D eigenvalue weighted by atomic mass is 9.97. The highest BCUT2D eigenvalue weighted by atomic mass is 35.5. The largest absolute Gasteiger partial charge is 0.394 e. The number of carbonyl (C=O) groups excluding carboxylic acids is 1. The van der Waals surface area contributed by atoms with Crippen LogP contribution >= 0.6 is 11.6 Å². The number of alkyl halides is 1. The van der Waals surface area contributed by atoms with Crippen LogP contribution in [0.3, 0.4) is 0 Å². The number of ether oxygens (including phenoxy) is 1. The van der Waals surface area contributed by atoms with Crippen LogP contribution in [0.25, 0.3) is 0 Å². The molecule has 0 aromatic rings. The summed E-state index contributed by atoms with van der Waals surface area (Å²) in [5.41, 5.74) is 0. The van der Waals surface area contributed by atoms with Crippen LogP contribution in [0.2, 0.25) is 0 Å². The van der Waals surface area contributed by atoms with E-state index in [4.69, 9.17) is 16.3 Å². The number of carbonyl (C=O) groups is 1. The van der Waals surface area contributed by atoms with Crippen LogP contribution in [0, 0.1) is 10.8 Å². The van der Waals surface area contributed by atoms with Crippen molar-refractivity contribution in [3.63, 3.8) is 0 Å². The molecular weight excluding hydrogens is 346 g/mol. The maximum absolute atomic E-state index is 12.6. The Hall–Kier alpha value is -1.04. The lowest BCUT2D eigenvalue weighted by Gasteiger charge is -2.44. The van der Waals surface area contributed by atoms with Gasteiger partial charge in [-0.25, -0.2) is 4.79 Å². The molecule has 2 fully saturated rings. The summed E-state index contributed by atoms with van der Waals surface area (Å²) in [6.07, 6.45) is -5.45. The number of nitroso groups, excluding NO2 is 1. The van der Waals surface area contributed by atoms with Crippen molar-refractivity contribution in [1.82, 2.24) is 9.91 Å². The van der Waals surface area contributed by atoms with Gasteiger partial charge in [-0.2, -0.15) is 5.01 Å². The summed E-state index contributed by atoms with van der Waals surface area (Å²) in [5, 5.41) is 42.4. The summed E-state index contributed by atoms with van der Waals surface area (Å²) in [6, 6.07) is -0.818. The minimum Gasteiger partial charge on any atom is -0.394 e. The predicted octanol–water partition coefficient (Wildman–Crippen LogP) is -1.16. The van der Waals surface area contributed by atoms with Gasteiger partial charge in [0.25, 0.3) is 0 Å². The Bertz CT molecular complexity index is 451. The van der Waals surface area contributed by atoms with Crippen LogP contribution in [-0.2, 0) is 4.74 Å². The van der Waals surface area contributed by atoms with Gasteiger partial charge in [0.05, 0.1) is 18.4 Å². The van der Waals surface area contributed by atoms with Crippen LogP contribution in [-0.4, -0.2) is 92.6 Å². The molecular formula is C13H22ClN3O7. The zero-order chi connectivity index (χ0) is 17.9. The van der Waals surface area contributed by atoms with E-state index >= 15 is 0 Å². The van der Waals surface area contributed by atoms with E-state index in [0.29, 0.717) is 5.01 Å². The van der Waals surface area contributed by atoms with Crippen molar-refractivity contribution in [2.24, 2.45) is 11.2 Å². The highest BCUT2D eigenvalue weighted by Gasteiger charge is 2.48. The lowest BCUT2D eigenvalue weighted by Crippen LogP contribution is -2.65. The van der Waals surface area contributed by atoms with Crippen molar-refractivity contribution in [3.8, 4) is 0 Å². The fourth-order valence-corrected chi connectivity index (χ4v) is 2.77. The van der Waals surface area contributed by atoms with Crippen LogP contribution in [0.5, 0.6) is 0 Å². The molecule has 11 heteroatoms. The molecule has 138 valence electrons. The number of hydrogen-bond acceptors (Lipinski definition) is 8. The standard InChI is InChI=1S/C13H22ClN3O7/c14-3-4-17(15-23)13(22)16(5-7-1-2-7)12-11(21)10(20)9(19)8(6-18)24-12/h7-12,18-21H,1-6H2/t8-,9-,10+,11+,12?/m1/s1. The molecule has 24 heavy (non-hydrogen) atoms. The Labute approximate surface area is 143 Å². The number of urea groups is 1. The number of amides is 2. The molecule has 1 aliphatic carbocycles. The van der Waals surface area contributed by atoms with E-state index < -0.39 is 43.3 Å². The maximum atomic E-state index is 12.6. The molecule has 0 spiro atoms. The first-order valence-corrected chi connectivity index (χ1v) is 8.25. The molecule has 1 saturated carbocycles. The summed E-state index contributed by atoms with van der Waals surface area (Å²) in [7, 11) is 0. The number of aliphatic hydroxyl groups excluding tert-OH is 4. The van der Waals surface area contributed by atoms with Crippen molar-refractivity contribution in [2.75, 3.05) is 25.6 Å². The molecule has 2 amide bonds. The first-order valence-electron chi connectivity index (χ1n) is 7.72. The van der Waals surface area contributed by atoms with E-state index in [0.717, 1.165) is 17.7 Å². The van der Waals surface area contributed by atoms with Gasteiger partial charge in [-0.15, -0.1) is 16.5 Å². The van der Waals surface area contributed by atoms with E-state index in [1.165, 1.54) is 0 Å². The zero-order valence-corrected chi connectivity index (χ0v) is 13.7. The molecule has 0 aromatic carbocycles. The van der Waals surface area contributed by atoms with Crippen molar-refractivity contribution >= 4 is 17.6 Å². The van der Waals surface area contributed by atoms with Crippen LogP contribution in [0.1, 0.15) is 12.8 Å². The molecule has 5 atom stereocenters. The molecule has 2 aliphatic rings. The van der Waals surface area contributed by atoms with E-state index in [1.54, 1.807) is 0 Å². The average molecular weight is 368 g/mol. The van der Waals surface area contributed by atoms with Crippen molar-refractivity contribution < 1.29 is 30.0 Å². The SMILES string of the molecule is O=NN(CCCl)C(=O)N(CC1CC1)C1O[C@H](CO)[C@@H](O)[C@H](O)[C@@H]1O. The molecule has 4 N–H and O–H groups in total. The Kier molecular flexibility index (Phi) is 6.72. The van der Waals surface area contributed by atoms with Gasteiger partial charge in [-0.05, 0) is 18.8 Å². The Morgan fingerprint density at radius 1 is 1.21 bits per heavy atom. The van der Waals surface area contributed by atoms with Gasteiger partial charge in [0.15, 0.2) is 6.23 Å². The number of aliphatic hydroxyl groups is 4. The minimum absolute atomic E-state index is 0.0105. The fraction of sp³-hybridized carbons (Fsp3) is 0.923. The highest BCUT2D eigenvalue weighted by Crippen LogP contribution is 2.33. The molecule has 1 heterocycles. The van der Waals surface area contributed by atoms with Crippen molar-refractivity contribution in [3.05, 3.63) is 4.91 Å². The van der Waals surface area contributed by atoms with Crippen LogP contribution < -0.4 is 0 Å². The number of hydrogen-bond donors (Lipinski definition) is 4. The molecule has 0 aromatic heterocycles. The summed E-state index contributed by atoms with van der Waals surface area (Å²) in [5.74, 6) is 0.175. The lowest BCUT2D eigenvalue weighted by molar-refractivity contribution is -0.258. The molecule has 10 nitrogen and oxygen atoms in total. The first kappa shape index (κ1) is 19.3. The summed E-state index contributed by atoms with van der Waals surface area (Å²) in [6.45, 7) is -0.539. The number of rotatable bonds is 7. The monoisotopic (exact) mass is 367 g/mol.